The molecule has 0 bridgehead atoms. The number of thiazole rings is 1. The number of halogens is 1. The summed E-state index contributed by atoms with van der Waals surface area (Å²) in [4.78, 5) is 31.8. The van der Waals surface area contributed by atoms with Crippen LogP contribution in [0.1, 0.15) is 25.7 Å². The van der Waals surface area contributed by atoms with Crippen LogP contribution in [0.5, 0.6) is 5.75 Å². The standard InChI is InChI=1S/C17H19BrN4O4S/c1-10-14(27-17(19-10)22-5-7-26-8-6-22)16(24)21-20-15(23)12-9-11(25-2)3-4-13(12)18/h3-4,9H,5-8H2,1-2H3,(H,20,23)(H,21,24). The lowest BCUT2D eigenvalue weighted by molar-refractivity contribution is 0.0848. The summed E-state index contributed by atoms with van der Waals surface area (Å²) >= 11 is 4.62. The monoisotopic (exact) mass is 454 g/mol. The number of rotatable bonds is 4. The number of ether oxygens (including phenoxy) is 2. The van der Waals surface area contributed by atoms with Gasteiger partial charge < -0.3 is 14.4 Å². The fourth-order valence-corrected chi connectivity index (χ4v) is 3.97. The summed E-state index contributed by atoms with van der Waals surface area (Å²) in [6.07, 6.45) is 0. The van der Waals surface area contributed by atoms with Gasteiger partial charge in [-0.3, -0.25) is 20.4 Å². The zero-order chi connectivity index (χ0) is 19.4. The van der Waals surface area contributed by atoms with Crippen LogP contribution in [0.3, 0.4) is 0 Å². The first-order chi connectivity index (χ1) is 13.0. The predicted molar refractivity (Wildman–Crippen MR) is 106 cm³/mol. The Morgan fingerprint density at radius 3 is 2.67 bits per heavy atom. The van der Waals surface area contributed by atoms with Crippen molar-refractivity contribution in [3.8, 4) is 5.75 Å². The van der Waals surface area contributed by atoms with Gasteiger partial charge in [0.25, 0.3) is 11.8 Å². The Kier molecular flexibility index (Phi) is 6.30. The normalized spacial score (nSPS) is 14.0. The zero-order valence-electron chi connectivity index (χ0n) is 14.9. The van der Waals surface area contributed by atoms with Gasteiger partial charge >= 0.3 is 0 Å². The second-order valence-corrected chi connectivity index (χ2v) is 7.60. The maximum atomic E-state index is 12.5. The van der Waals surface area contributed by atoms with Gasteiger partial charge in [0.05, 0.1) is 31.6 Å². The molecule has 1 aromatic carbocycles. The van der Waals surface area contributed by atoms with Crippen molar-refractivity contribution >= 4 is 44.2 Å². The van der Waals surface area contributed by atoms with Crippen LogP contribution in [0, 0.1) is 6.92 Å². The summed E-state index contributed by atoms with van der Waals surface area (Å²) in [5, 5.41) is 0.780. The number of morpholine rings is 1. The quantitative estimate of drug-likeness (QED) is 0.687. The molecule has 0 aliphatic carbocycles. The molecule has 1 fully saturated rings. The first-order valence-electron chi connectivity index (χ1n) is 8.24. The van der Waals surface area contributed by atoms with E-state index in [9.17, 15) is 9.59 Å². The summed E-state index contributed by atoms with van der Waals surface area (Å²) < 4.78 is 11.1. The van der Waals surface area contributed by atoms with E-state index in [1.54, 1.807) is 25.1 Å². The van der Waals surface area contributed by atoms with Crippen LogP contribution in [-0.4, -0.2) is 50.2 Å². The molecule has 0 unspecified atom stereocenters. The van der Waals surface area contributed by atoms with Gasteiger partial charge in [0.15, 0.2) is 5.13 Å². The van der Waals surface area contributed by atoms with E-state index >= 15 is 0 Å². The lowest BCUT2D eigenvalue weighted by Crippen LogP contribution is -2.41. The Labute approximate surface area is 169 Å². The van der Waals surface area contributed by atoms with Crippen molar-refractivity contribution in [3.05, 3.63) is 38.8 Å². The number of amides is 2. The third-order valence-electron chi connectivity index (χ3n) is 3.98. The lowest BCUT2D eigenvalue weighted by atomic mass is 10.2. The molecule has 0 atom stereocenters. The average Bonchev–Trinajstić information content (AvgIpc) is 3.08. The number of anilines is 1. The van der Waals surface area contributed by atoms with E-state index in [1.807, 2.05) is 0 Å². The molecule has 1 saturated heterocycles. The van der Waals surface area contributed by atoms with Gasteiger partial charge in [-0.25, -0.2) is 4.98 Å². The highest BCUT2D eigenvalue weighted by Gasteiger charge is 2.21. The van der Waals surface area contributed by atoms with Gasteiger partial charge in [0.1, 0.15) is 10.6 Å². The Morgan fingerprint density at radius 1 is 1.26 bits per heavy atom. The molecule has 1 aliphatic rings. The van der Waals surface area contributed by atoms with Crippen LogP contribution >= 0.6 is 27.3 Å². The number of nitrogens with zero attached hydrogens (tertiary/aromatic N) is 2. The number of benzene rings is 1. The van der Waals surface area contributed by atoms with E-state index in [0.29, 0.717) is 39.6 Å². The topological polar surface area (TPSA) is 92.8 Å². The zero-order valence-corrected chi connectivity index (χ0v) is 17.3. The third kappa shape index (κ3) is 4.57. The SMILES string of the molecule is COc1ccc(Br)c(C(=O)NNC(=O)c2sc(N3CCOCC3)nc2C)c1. The lowest BCUT2D eigenvalue weighted by Gasteiger charge is -2.25. The molecular weight excluding hydrogens is 436 g/mol. The molecule has 1 aromatic heterocycles. The summed E-state index contributed by atoms with van der Waals surface area (Å²) in [7, 11) is 1.52. The Balaban J connectivity index is 1.65. The first kappa shape index (κ1) is 19.6. The van der Waals surface area contributed by atoms with Crippen molar-refractivity contribution in [2.24, 2.45) is 0 Å². The second-order valence-electron chi connectivity index (χ2n) is 5.76. The molecule has 2 aromatic rings. The Morgan fingerprint density at radius 2 is 1.96 bits per heavy atom. The molecule has 2 heterocycles. The average molecular weight is 455 g/mol. The van der Waals surface area contributed by atoms with Crippen molar-refractivity contribution in [1.82, 2.24) is 15.8 Å². The summed E-state index contributed by atoms with van der Waals surface area (Å²) in [6.45, 7) is 4.55. The summed E-state index contributed by atoms with van der Waals surface area (Å²) in [5.41, 5.74) is 5.85. The Hall–Kier alpha value is -2.17. The van der Waals surface area contributed by atoms with Crippen molar-refractivity contribution in [2.75, 3.05) is 38.3 Å². The number of hydrogen-bond donors (Lipinski definition) is 2. The highest BCUT2D eigenvalue weighted by molar-refractivity contribution is 9.10. The van der Waals surface area contributed by atoms with Crippen LogP contribution in [0.25, 0.3) is 0 Å². The van der Waals surface area contributed by atoms with E-state index in [1.165, 1.54) is 18.4 Å². The number of aromatic nitrogens is 1. The van der Waals surface area contributed by atoms with E-state index < -0.39 is 11.8 Å². The largest absolute Gasteiger partial charge is 0.497 e. The maximum Gasteiger partial charge on any atom is 0.281 e. The first-order valence-corrected chi connectivity index (χ1v) is 9.85. The van der Waals surface area contributed by atoms with E-state index in [0.717, 1.165) is 18.2 Å². The second kappa shape index (κ2) is 8.68. The van der Waals surface area contributed by atoms with Gasteiger partial charge in [-0.05, 0) is 41.1 Å². The van der Waals surface area contributed by atoms with Crippen molar-refractivity contribution < 1.29 is 19.1 Å². The highest BCUT2D eigenvalue weighted by Crippen LogP contribution is 2.26. The van der Waals surface area contributed by atoms with Crippen LogP contribution < -0.4 is 20.5 Å². The molecule has 10 heteroatoms. The van der Waals surface area contributed by atoms with Crippen molar-refractivity contribution in [2.45, 2.75) is 6.92 Å². The van der Waals surface area contributed by atoms with Crippen LogP contribution in [0.2, 0.25) is 0 Å². The van der Waals surface area contributed by atoms with E-state index in [4.69, 9.17) is 9.47 Å². The van der Waals surface area contributed by atoms with E-state index in [-0.39, 0.29) is 0 Å². The van der Waals surface area contributed by atoms with Crippen LogP contribution in [-0.2, 0) is 4.74 Å². The van der Waals surface area contributed by atoms with Gasteiger partial charge in [-0.1, -0.05) is 11.3 Å². The summed E-state index contributed by atoms with van der Waals surface area (Å²) in [5.74, 6) is -0.315. The molecular formula is C17H19BrN4O4S. The van der Waals surface area contributed by atoms with Gasteiger partial charge in [-0.2, -0.15) is 0 Å². The number of aryl methyl sites for hydroxylation is 1. The maximum absolute atomic E-state index is 12.5. The molecule has 27 heavy (non-hydrogen) atoms. The molecule has 0 spiro atoms. The van der Waals surface area contributed by atoms with Gasteiger partial charge in [0.2, 0.25) is 0 Å². The number of nitrogens with one attached hydrogen (secondary N) is 2. The molecule has 2 amide bonds. The van der Waals surface area contributed by atoms with Gasteiger partial charge in [-0.15, -0.1) is 0 Å². The van der Waals surface area contributed by atoms with Gasteiger partial charge in [0, 0.05) is 17.6 Å². The number of carbonyl (C=O) groups excluding carboxylic acids is 2. The molecule has 0 radical (unpaired) electrons. The number of methoxy groups -OCH3 is 1. The van der Waals surface area contributed by atoms with Crippen molar-refractivity contribution in [3.63, 3.8) is 0 Å². The molecule has 144 valence electrons. The highest BCUT2D eigenvalue weighted by atomic mass is 79.9. The van der Waals surface area contributed by atoms with Crippen LogP contribution in [0.4, 0.5) is 5.13 Å². The molecule has 8 nitrogen and oxygen atoms in total. The Bertz CT molecular complexity index is 851. The minimum absolute atomic E-state index is 0.352. The molecule has 0 saturated carbocycles. The fraction of sp³-hybridized carbons (Fsp3) is 0.353. The molecule has 2 N–H and O–H groups in total. The van der Waals surface area contributed by atoms with Crippen LogP contribution in [0.15, 0.2) is 22.7 Å². The minimum atomic E-state index is -0.454. The number of carbonyl (C=O) groups is 2. The smallest absolute Gasteiger partial charge is 0.281 e. The number of hydrazine groups is 1. The number of hydrogen-bond acceptors (Lipinski definition) is 7. The third-order valence-corrected chi connectivity index (χ3v) is 5.89. The minimum Gasteiger partial charge on any atom is -0.497 e. The van der Waals surface area contributed by atoms with E-state index in [2.05, 4.69) is 36.7 Å². The molecule has 3 rings (SSSR count). The fourth-order valence-electron chi connectivity index (χ4n) is 2.53. The molecule has 1 aliphatic heterocycles. The summed E-state index contributed by atoms with van der Waals surface area (Å²) in [6, 6.07) is 5.02. The van der Waals surface area contributed by atoms with Crippen molar-refractivity contribution in [1.29, 1.82) is 0 Å². The predicted octanol–water partition coefficient (Wildman–Crippen LogP) is 2.13.